The van der Waals surface area contributed by atoms with Crippen LogP contribution in [-0.2, 0) is 4.74 Å². The molecule has 1 aliphatic heterocycles. The molecule has 1 saturated heterocycles. The first-order valence-corrected chi connectivity index (χ1v) is 9.65. The van der Waals surface area contributed by atoms with Crippen molar-refractivity contribution >= 4 is 0 Å². The summed E-state index contributed by atoms with van der Waals surface area (Å²) in [5.41, 5.74) is 0. The molecule has 1 rings (SSSR count). The molecule has 0 aromatic rings. The standard InChI is InChI=1S/C18H41N5O/c1-17-14-21-18(16-24-4)15-23(3)12-7-8-19-10-13-22(2)11-6-5-9-20-17/h17-21H,5-16H2,1-4H3. The lowest BCUT2D eigenvalue weighted by Gasteiger charge is -2.26. The molecule has 24 heavy (non-hydrogen) atoms. The van der Waals surface area contributed by atoms with Crippen LogP contribution >= 0.6 is 0 Å². The van der Waals surface area contributed by atoms with Crippen LogP contribution in [0.15, 0.2) is 0 Å². The molecule has 0 aromatic heterocycles. The first kappa shape index (κ1) is 21.8. The van der Waals surface area contributed by atoms with E-state index in [4.69, 9.17) is 4.74 Å². The van der Waals surface area contributed by atoms with E-state index >= 15 is 0 Å². The molecule has 6 nitrogen and oxygen atoms in total. The van der Waals surface area contributed by atoms with Crippen molar-refractivity contribution in [3.05, 3.63) is 0 Å². The topological polar surface area (TPSA) is 51.8 Å². The van der Waals surface area contributed by atoms with E-state index in [1.54, 1.807) is 7.11 Å². The second kappa shape index (κ2) is 14.0. The van der Waals surface area contributed by atoms with E-state index in [1.165, 1.54) is 25.8 Å². The normalized spacial score (nSPS) is 29.0. The molecule has 1 fully saturated rings. The molecule has 0 bridgehead atoms. The fourth-order valence-corrected chi connectivity index (χ4v) is 3.10. The van der Waals surface area contributed by atoms with Gasteiger partial charge in [0.25, 0.3) is 0 Å². The summed E-state index contributed by atoms with van der Waals surface area (Å²) in [5.74, 6) is 0. The van der Waals surface area contributed by atoms with Gasteiger partial charge < -0.3 is 30.5 Å². The Morgan fingerprint density at radius 3 is 2.50 bits per heavy atom. The first-order valence-electron chi connectivity index (χ1n) is 9.65. The summed E-state index contributed by atoms with van der Waals surface area (Å²) in [6.45, 7) is 11.8. The molecule has 0 amide bonds. The van der Waals surface area contributed by atoms with Crippen molar-refractivity contribution in [3.63, 3.8) is 0 Å². The zero-order valence-corrected chi connectivity index (χ0v) is 16.4. The smallest absolute Gasteiger partial charge is 0.0628 e. The van der Waals surface area contributed by atoms with Crippen LogP contribution in [0.2, 0.25) is 0 Å². The van der Waals surface area contributed by atoms with Crippen LogP contribution in [0.1, 0.15) is 26.2 Å². The minimum atomic E-state index is 0.393. The van der Waals surface area contributed by atoms with E-state index in [0.717, 1.165) is 52.4 Å². The number of hydrogen-bond donors (Lipinski definition) is 3. The summed E-state index contributed by atoms with van der Waals surface area (Å²) in [5, 5.41) is 10.8. The summed E-state index contributed by atoms with van der Waals surface area (Å²) in [6, 6.07) is 0.889. The van der Waals surface area contributed by atoms with Gasteiger partial charge in [-0.15, -0.1) is 0 Å². The highest BCUT2D eigenvalue weighted by molar-refractivity contribution is 4.74. The molecule has 1 heterocycles. The average molecular weight is 344 g/mol. The van der Waals surface area contributed by atoms with Crippen LogP contribution < -0.4 is 16.0 Å². The predicted octanol–water partition coefficient (Wildman–Crippen LogP) is 0.206. The number of likely N-dealkylation sites (N-methyl/N-ethyl adjacent to an activating group) is 2. The lowest BCUT2D eigenvalue weighted by Crippen LogP contribution is -2.47. The Morgan fingerprint density at radius 1 is 0.917 bits per heavy atom. The fourth-order valence-electron chi connectivity index (χ4n) is 3.10. The Kier molecular flexibility index (Phi) is 12.7. The molecule has 144 valence electrons. The van der Waals surface area contributed by atoms with Gasteiger partial charge in [-0.1, -0.05) is 0 Å². The molecule has 0 aromatic carbocycles. The summed E-state index contributed by atoms with van der Waals surface area (Å²) in [7, 11) is 6.22. The quantitative estimate of drug-likeness (QED) is 0.666. The van der Waals surface area contributed by atoms with Crippen LogP contribution in [-0.4, -0.2) is 102 Å². The Labute approximate surface area is 149 Å². The lowest BCUT2D eigenvalue weighted by atomic mass is 10.2. The molecule has 2 unspecified atom stereocenters. The molecule has 0 saturated carbocycles. The number of nitrogens with one attached hydrogen (secondary N) is 3. The zero-order chi connectivity index (χ0) is 17.6. The van der Waals surface area contributed by atoms with Crippen LogP contribution in [0.4, 0.5) is 0 Å². The van der Waals surface area contributed by atoms with Gasteiger partial charge in [0.05, 0.1) is 6.61 Å². The largest absolute Gasteiger partial charge is 0.383 e. The Balaban J connectivity index is 2.42. The third-order valence-corrected chi connectivity index (χ3v) is 4.64. The van der Waals surface area contributed by atoms with Gasteiger partial charge in [-0.25, -0.2) is 0 Å². The number of ether oxygens (including phenoxy) is 1. The van der Waals surface area contributed by atoms with Crippen LogP contribution in [0, 0.1) is 0 Å². The number of nitrogens with zero attached hydrogens (tertiary/aromatic N) is 2. The van der Waals surface area contributed by atoms with Gasteiger partial charge in [0.2, 0.25) is 0 Å². The van der Waals surface area contributed by atoms with Gasteiger partial charge >= 0.3 is 0 Å². The minimum Gasteiger partial charge on any atom is -0.383 e. The van der Waals surface area contributed by atoms with Gasteiger partial charge in [0.15, 0.2) is 0 Å². The second-order valence-corrected chi connectivity index (χ2v) is 7.29. The molecule has 0 spiro atoms. The van der Waals surface area contributed by atoms with Crippen LogP contribution in [0.5, 0.6) is 0 Å². The molecule has 1 aliphatic rings. The number of rotatable bonds is 2. The summed E-state index contributed by atoms with van der Waals surface area (Å²) in [6.07, 6.45) is 3.70. The van der Waals surface area contributed by atoms with E-state index in [0.29, 0.717) is 12.1 Å². The summed E-state index contributed by atoms with van der Waals surface area (Å²) >= 11 is 0. The molecular weight excluding hydrogens is 302 g/mol. The van der Waals surface area contributed by atoms with Crippen molar-refractivity contribution in [2.24, 2.45) is 0 Å². The highest BCUT2D eigenvalue weighted by Crippen LogP contribution is 1.96. The third-order valence-electron chi connectivity index (χ3n) is 4.64. The SMILES string of the molecule is COCC1CN(C)CCCNCCN(C)CCCCNC(C)CN1. The molecule has 3 N–H and O–H groups in total. The summed E-state index contributed by atoms with van der Waals surface area (Å²) < 4.78 is 5.38. The molecule has 2 atom stereocenters. The van der Waals surface area contributed by atoms with Gasteiger partial charge in [-0.3, -0.25) is 0 Å². The van der Waals surface area contributed by atoms with E-state index in [9.17, 15) is 0 Å². The maximum atomic E-state index is 5.38. The van der Waals surface area contributed by atoms with Crippen molar-refractivity contribution in [2.45, 2.75) is 38.3 Å². The van der Waals surface area contributed by atoms with Crippen LogP contribution in [0.25, 0.3) is 0 Å². The predicted molar refractivity (Wildman–Crippen MR) is 103 cm³/mol. The Morgan fingerprint density at radius 2 is 1.71 bits per heavy atom. The van der Waals surface area contributed by atoms with E-state index in [-0.39, 0.29) is 0 Å². The van der Waals surface area contributed by atoms with Gasteiger partial charge in [-0.2, -0.15) is 0 Å². The number of methoxy groups -OCH3 is 1. The average Bonchev–Trinajstić information content (AvgIpc) is 2.55. The molecular formula is C18H41N5O. The monoisotopic (exact) mass is 343 g/mol. The minimum absolute atomic E-state index is 0.393. The lowest BCUT2D eigenvalue weighted by molar-refractivity contribution is 0.144. The van der Waals surface area contributed by atoms with Crippen molar-refractivity contribution < 1.29 is 4.74 Å². The Bertz CT molecular complexity index is 293. The molecule has 6 heteroatoms. The second-order valence-electron chi connectivity index (χ2n) is 7.29. The highest BCUT2D eigenvalue weighted by atomic mass is 16.5. The van der Waals surface area contributed by atoms with Gasteiger partial charge in [0, 0.05) is 45.4 Å². The van der Waals surface area contributed by atoms with E-state index in [1.807, 2.05) is 0 Å². The highest BCUT2D eigenvalue weighted by Gasteiger charge is 2.12. The van der Waals surface area contributed by atoms with Crippen molar-refractivity contribution in [3.8, 4) is 0 Å². The van der Waals surface area contributed by atoms with E-state index < -0.39 is 0 Å². The first-order chi connectivity index (χ1) is 11.6. The van der Waals surface area contributed by atoms with E-state index in [2.05, 4.69) is 46.8 Å². The maximum absolute atomic E-state index is 5.38. The third kappa shape index (κ3) is 11.3. The maximum Gasteiger partial charge on any atom is 0.0628 e. The number of hydrogen-bond acceptors (Lipinski definition) is 6. The fraction of sp³-hybridized carbons (Fsp3) is 1.00. The van der Waals surface area contributed by atoms with Crippen molar-refractivity contribution in [1.82, 2.24) is 25.8 Å². The Hall–Kier alpha value is -0.240. The van der Waals surface area contributed by atoms with Gasteiger partial charge in [0.1, 0.15) is 0 Å². The van der Waals surface area contributed by atoms with Crippen molar-refractivity contribution in [2.75, 3.05) is 80.2 Å². The molecule has 0 radical (unpaired) electrons. The summed E-state index contributed by atoms with van der Waals surface area (Å²) in [4.78, 5) is 4.84. The molecule has 0 aliphatic carbocycles. The van der Waals surface area contributed by atoms with Crippen molar-refractivity contribution in [1.29, 1.82) is 0 Å². The van der Waals surface area contributed by atoms with Crippen LogP contribution in [0.3, 0.4) is 0 Å². The zero-order valence-electron chi connectivity index (χ0n) is 16.4. The van der Waals surface area contributed by atoms with Gasteiger partial charge in [-0.05, 0) is 66.5 Å².